The Morgan fingerprint density at radius 1 is 1.19 bits per heavy atom. The van der Waals surface area contributed by atoms with Crippen LogP contribution in [-0.4, -0.2) is 41.1 Å². The summed E-state index contributed by atoms with van der Waals surface area (Å²) in [5, 5.41) is 23.5. The van der Waals surface area contributed by atoms with E-state index in [-0.39, 0.29) is 18.0 Å². The molecule has 0 radical (unpaired) electrons. The quantitative estimate of drug-likeness (QED) is 0.815. The van der Waals surface area contributed by atoms with Gasteiger partial charge in [0.25, 0.3) is 0 Å². The Morgan fingerprint density at radius 2 is 1.96 bits per heavy atom. The maximum absolute atomic E-state index is 11.2. The van der Waals surface area contributed by atoms with Crippen molar-refractivity contribution in [3.05, 3.63) is 65.2 Å². The summed E-state index contributed by atoms with van der Waals surface area (Å²) in [6, 6.07) is 14.7. The molecule has 136 valence electrons. The van der Waals surface area contributed by atoms with Gasteiger partial charge >= 0.3 is 5.97 Å². The van der Waals surface area contributed by atoms with Gasteiger partial charge in [-0.05, 0) is 29.7 Å². The number of hydrogen-bond donors (Lipinski definition) is 2. The van der Waals surface area contributed by atoms with Gasteiger partial charge in [0, 0.05) is 43.8 Å². The first kappa shape index (κ1) is 17.9. The lowest BCUT2D eigenvalue weighted by molar-refractivity contribution is -0.306. The van der Waals surface area contributed by atoms with Gasteiger partial charge in [0.05, 0.1) is 5.56 Å². The summed E-state index contributed by atoms with van der Waals surface area (Å²) >= 11 is 0. The van der Waals surface area contributed by atoms with Crippen molar-refractivity contribution in [2.45, 2.75) is 25.4 Å². The summed E-state index contributed by atoms with van der Waals surface area (Å²) in [5.74, 6) is -2.13. The third kappa shape index (κ3) is 4.61. The standard InChI is InChI=1S/C20H22N2O4/c23-19(24)11-17-13-22(9-8-14-4-2-1-3-5-14)12-16-7-6-15(20(25)26)10-18(16)21-17/h1-7,10,17,21H,8-9,11-13H2,(H,23,24)(H,25,26)/p-1. The summed E-state index contributed by atoms with van der Waals surface area (Å²) in [6.07, 6.45) is 0.736. The Balaban J connectivity index is 1.79. The second kappa shape index (κ2) is 8.01. The molecule has 0 saturated heterocycles. The Morgan fingerprint density at radius 3 is 2.65 bits per heavy atom. The lowest BCUT2D eigenvalue weighted by atomic mass is 10.1. The number of aliphatic carboxylic acids is 1. The number of carbonyl (C=O) groups excluding carboxylic acids is 1. The molecule has 0 saturated carbocycles. The maximum atomic E-state index is 11.2. The Bertz CT molecular complexity index is 792. The maximum Gasteiger partial charge on any atom is 0.335 e. The normalized spacial score (nSPS) is 17.0. The number of anilines is 1. The number of carboxylic acid groups (broad SMARTS) is 2. The second-order valence-electron chi connectivity index (χ2n) is 6.57. The lowest BCUT2D eigenvalue weighted by Gasteiger charge is -2.25. The van der Waals surface area contributed by atoms with Crippen LogP contribution in [0.4, 0.5) is 5.69 Å². The smallest absolute Gasteiger partial charge is 0.335 e. The van der Waals surface area contributed by atoms with Crippen LogP contribution in [0, 0.1) is 0 Å². The fourth-order valence-electron chi connectivity index (χ4n) is 3.28. The molecule has 0 amide bonds. The van der Waals surface area contributed by atoms with E-state index in [1.165, 1.54) is 5.56 Å². The molecule has 1 heterocycles. The zero-order valence-corrected chi connectivity index (χ0v) is 14.4. The molecule has 3 rings (SSSR count). The SMILES string of the molecule is O=C([O-])CC1CN(CCc2ccccc2)Cc2ccc(C(=O)O)cc2N1. The highest BCUT2D eigenvalue weighted by atomic mass is 16.4. The van der Waals surface area contributed by atoms with Crippen molar-refractivity contribution < 1.29 is 19.8 Å². The van der Waals surface area contributed by atoms with Crippen molar-refractivity contribution in [1.29, 1.82) is 0 Å². The van der Waals surface area contributed by atoms with Crippen molar-refractivity contribution in [1.82, 2.24) is 4.90 Å². The van der Waals surface area contributed by atoms with Crippen LogP contribution in [0.15, 0.2) is 48.5 Å². The van der Waals surface area contributed by atoms with Crippen LogP contribution in [0.1, 0.15) is 27.9 Å². The first-order valence-electron chi connectivity index (χ1n) is 8.60. The summed E-state index contributed by atoms with van der Waals surface area (Å²) in [6.45, 7) is 1.98. The van der Waals surface area contributed by atoms with E-state index in [1.807, 2.05) is 18.2 Å². The van der Waals surface area contributed by atoms with Crippen molar-refractivity contribution >= 4 is 17.6 Å². The van der Waals surface area contributed by atoms with Gasteiger partial charge in [0.15, 0.2) is 0 Å². The van der Waals surface area contributed by atoms with E-state index in [1.54, 1.807) is 18.2 Å². The molecule has 0 aliphatic carbocycles. The second-order valence-corrected chi connectivity index (χ2v) is 6.57. The Kier molecular flexibility index (Phi) is 5.53. The number of nitrogens with zero attached hydrogens (tertiary/aromatic N) is 1. The summed E-state index contributed by atoms with van der Waals surface area (Å²) < 4.78 is 0. The molecule has 1 aliphatic heterocycles. The van der Waals surface area contributed by atoms with Crippen LogP contribution in [-0.2, 0) is 17.8 Å². The van der Waals surface area contributed by atoms with Crippen molar-refractivity contribution in [3.8, 4) is 0 Å². The van der Waals surface area contributed by atoms with Crippen molar-refractivity contribution in [3.63, 3.8) is 0 Å². The number of fused-ring (bicyclic) bond motifs is 1. The van der Waals surface area contributed by atoms with Crippen LogP contribution in [0.5, 0.6) is 0 Å². The summed E-state index contributed by atoms with van der Waals surface area (Å²) in [7, 11) is 0. The predicted octanol–water partition coefficient (Wildman–Crippen LogP) is 1.36. The first-order chi connectivity index (χ1) is 12.5. The molecule has 2 aromatic carbocycles. The molecule has 2 N–H and O–H groups in total. The van der Waals surface area contributed by atoms with Gasteiger partial charge in [-0.2, -0.15) is 0 Å². The van der Waals surface area contributed by atoms with E-state index in [0.29, 0.717) is 18.8 Å². The molecule has 26 heavy (non-hydrogen) atoms. The monoisotopic (exact) mass is 353 g/mol. The van der Waals surface area contributed by atoms with E-state index >= 15 is 0 Å². The Hall–Kier alpha value is -2.86. The number of carbonyl (C=O) groups is 2. The number of carboxylic acids is 2. The highest BCUT2D eigenvalue weighted by Crippen LogP contribution is 2.25. The van der Waals surface area contributed by atoms with Gasteiger partial charge in [0.2, 0.25) is 0 Å². The van der Waals surface area contributed by atoms with E-state index in [2.05, 4.69) is 22.3 Å². The number of rotatable bonds is 6. The zero-order valence-electron chi connectivity index (χ0n) is 14.4. The van der Waals surface area contributed by atoms with E-state index in [4.69, 9.17) is 0 Å². The molecule has 6 nitrogen and oxygen atoms in total. The molecule has 1 aliphatic rings. The van der Waals surface area contributed by atoms with Gasteiger partial charge in [-0.1, -0.05) is 36.4 Å². The average molecular weight is 353 g/mol. The highest BCUT2D eigenvalue weighted by molar-refractivity contribution is 5.89. The topological polar surface area (TPSA) is 92.7 Å². The Labute approximate surface area is 152 Å². The fraction of sp³-hybridized carbons (Fsp3) is 0.300. The van der Waals surface area contributed by atoms with Gasteiger partial charge < -0.3 is 20.3 Å². The molecular formula is C20H21N2O4-. The van der Waals surface area contributed by atoms with E-state index in [0.717, 1.165) is 18.5 Å². The van der Waals surface area contributed by atoms with E-state index in [9.17, 15) is 19.8 Å². The summed E-state index contributed by atoms with van der Waals surface area (Å²) in [4.78, 5) is 24.5. The molecule has 2 aromatic rings. The third-order valence-electron chi connectivity index (χ3n) is 4.56. The van der Waals surface area contributed by atoms with Crippen LogP contribution >= 0.6 is 0 Å². The molecular weight excluding hydrogens is 332 g/mol. The number of nitrogens with one attached hydrogen (secondary N) is 1. The van der Waals surface area contributed by atoms with E-state index < -0.39 is 11.9 Å². The lowest BCUT2D eigenvalue weighted by Crippen LogP contribution is -2.39. The molecule has 0 bridgehead atoms. The first-order valence-corrected chi connectivity index (χ1v) is 8.60. The van der Waals surface area contributed by atoms with Gasteiger partial charge in [-0.15, -0.1) is 0 Å². The highest BCUT2D eigenvalue weighted by Gasteiger charge is 2.22. The van der Waals surface area contributed by atoms with Crippen LogP contribution in [0.25, 0.3) is 0 Å². The predicted molar refractivity (Wildman–Crippen MR) is 95.9 cm³/mol. The summed E-state index contributed by atoms with van der Waals surface area (Å²) in [5.41, 5.74) is 3.05. The third-order valence-corrected chi connectivity index (χ3v) is 4.56. The van der Waals surface area contributed by atoms with Gasteiger partial charge in [0.1, 0.15) is 0 Å². The number of hydrogen-bond acceptors (Lipinski definition) is 5. The molecule has 0 fully saturated rings. The number of aromatic carboxylic acids is 1. The number of benzene rings is 2. The molecule has 0 spiro atoms. The van der Waals surface area contributed by atoms with Crippen LogP contribution in [0.2, 0.25) is 0 Å². The van der Waals surface area contributed by atoms with Crippen molar-refractivity contribution in [2.24, 2.45) is 0 Å². The van der Waals surface area contributed by atoms with Crippen LogP contribution < -0.4 is 10.4 Å². The van der Waals surface area contributed by atoms with Gasteiger partial charge in [-0.3, -0.25) is 4.90 Å². The minimum atomic E-state index is -1.12. The minimum Gasteiger partial charge on any atom is -0.550 e. The van der Waals surface area contributed by atoms with Crippen molar-refractivity contribution in [2.75, 3.05) is 18.4 Å². The fourth-order valence-corrected chi connectivity index (χ4v) is 3.28. The molecule has 0 aromatic heterocycles. The zero-order chi connectivity index (χ0) is 18.5. The molecule has 6 heteroatoms. The van der Waals surface area contributed by atoms with Gasteiger partial charge in [-0.25, -0.2) is 4.79 Å². The van der Waals surface area contributed by atoms with Crippen LogP contribution in [0.3, 0.4) is 0 Å². The molecule has 1 atom stereocenters. The minimum absolute atomic E-state index is 0.126. The average Bonchev–Trinajstić information content (AvgIpc) is 2.78. The molecule has 1 unspecified atom stereocenters. The largest absolute Gasteiger partial charge is 0.550 e.